The summed E-state index contributed by atoms with van der Waals surface area (Å²) in [6.45, 7) is 2.83. The topological polar surface area (TPSA) is 32.3 Å². The number of carbonyl (C=O) groups is 1. The number of nitrogens with one attached hydrogen (secondary N) is 1. The molecule has 0 spiro atoms. The van der Waals surface area contributed by atoms with E-state index in [2.05, 4.69) is 24.4 Å². The van der Waals surface area contributed by atoms with Gasteiger partial charge < -0.3 is 4.90 Å². The second-order valence-corrected chi connectivity index (χ2v) is 4.43. The number of nitrogens with zero attached hydrogens (tertiary/aromatic N) is 1. The molecule has 86 valence electrons. The molecule has 1 unspecified atom stereocenters. The highest BCUT2D eigenvalue weighted by atomic mass is 32.2. The summed E-state index contributed by atoms with van der Waals surface area (Å²) >= 11 is 1.80. The van der Waals surface area contributed by atoms with Crippen molar-refractivity contribution >= 4 is 17.7 Å². The Morgan fingerprint density at radius 2 is 2.33 bits per heavy atom. The molecule has 0 aliphatic rings. The van der Waals surface area contributed by atoms with Gasteiger partial charge in [0.25, 0.3) is 0 Å². The molecule has 0 aliphatic carbocycles. The molecule has 4 heteroatoms. The van der Waals surface area contributed by atoms with Crippen LogP contribution in [0.5, 0.6) is 0 Å². The van der Waals surface area contributed by atoms with Gasteiger partial charge in [0.1, 0.15) is 0 Å². The zero-order valence-corrected chi connectivity index (χ0v) is 10.6. The van der Waals surface area contributed by atoms with Crippen LogP contribution in [0.4, 0.5) is 0 Å². The molecule has 0 bridgehead atoms. The van der Waals surface area contributed by atoms with Crippen LogP contribution in [-0.2, 0) is 4.79 Å². The van der Waals surface area contributed by atoms with E-state index in [1.165, 1.54) is 0 Å². The van der Waals surface area contributed by atoms with Gasteiger partial charge >= 0.3 is 0 Å². The van der Waals surface area contributed by atoms with Crippen molar-refractivity contribution in [3.05, 3.63) is 0 Å². The predicted molar refractivity (Wildman–Crippen MR) is 66.9 cm³/mol. The highest BCUT2D eigenvalue weighted by Gasteiger charge is 2.14. The lowest BCUT2D eigenvalue weighted by molar-refractivity contribution is -0.130. The zero-order chi connectivity index (χ0) is 11.7. The Morgan fingerprint density at radius 1 is 1.67 bits per heavy atom. The van der Waals surface area contributed by atoms with Crippen molar-refractivity contribution in [1.82, 2.24) is 10.2 Å². The Labute approximate surface area is 97.0 Å². The number of amides is 1. The third-order valence-corrected chi connectivity index (χ3v) is 2.94. The van der Waals surface area contributed by atoms with Gasteiger partial charge in [-0.05, 0) is 25.4 Å². The van der Waals surface area contributed by atoms with Gasteiger partial charge in [-0.1, -0.05) is 5.92 Å². The predicted octanol–water partition coefficient (Wildman–Crippen LogP) is 0.809. The van der Waals surface area contributed by atoms with Crippen LogP contribution >= 0.6 is 11.8 Å². The number of hydrogen-bond acceptors (Lipinski definition) is 3. The lowest BCUT2D eigenvalue weighted by atomic mass is 10.2. The van der Waals surface area contributed by atoms with E-state index in [4.69, 9.17) is 6.42 Å². The fourth-order valence-electron chi connectivity index (χ4n) is 1.09. The van der Waals surface area contributed by atoms with Gasteiger partial charge in [0.05, 0.1) is 13.1 Å². The molecule has 0 heterocycles. The minimum absolute atomic E-state index is 0.0962. The van der Waals surface area contributed by atoms with E-state index in [1.807, 2.05) is 7.05 Å². The minimum atomic E-state index is 0.0962. The van der Waals surface area contributed by atoms with Crippen LogP contribution in [0.1, 0.15) is 13.3 Å². The van der Waals surface area contributed by atoms with Crippen LogP contribution in [-0.4, -0.2) is 49.0 Å². The van der Waals surface area contributed by atoms with Gasteiger partial charge in [-0.2, -0.15) is 11.8 Å². The quantitative estimate of drug-likeness (QED) is 0.517. The average molecular weight is 228 g/mol. The van der Waals surface area contributed by atoms with Gasteiger partial charge in [-0.15, -0.1) is 6.42 Å². The molecule has 0 aromatic rings. The summed E-state index contributed by atoms with van der Waals surface area (Å²) in [5.74, 6) is 3.62. The highest BCUT2D eigenvalue weighted by Crippen LogP contribution is 2.05. The summed E-state index contributed by atoms with van der Waals surface area (Å²) in [7, 11) is 1.84. The van der Waals surface area contributed by atoms with Gasteiger partial charge in [-0.3, -0.25) is 10.1 Å². The van der Waals surface area contributed by atoms with Crippen LogP contribution in [0.2, 0.25) is 0 Å². The summed E-state index contributed by atoms with van der Waals surface area (Å²) in [4.78, 5) is 13.4. The molecule has 0 saturated carbocycles. The number of thioether (sulfide) groups is 1. The van der Waals surface area contributed by atoms with E-state index >= 15 is 0 Å². The molecule has 0 fully saturated rings. The maximum Gasteiger partial charge on any atom is 0.236 e. The van der Waals surface area contributed by atoms with E-state index in [0.717, 1.165) is 12.2 Å². The first kappa shape index (κ1) is 14.3. The van der Waals surface area contributed by atoms with Crippen LogP contribution in [0, 0.1) is 12.3 Å². The molecule has 0 aliphatic heterocycles. The van der Waals surface area contributed by atoms with Crippen LogP contribution in [0.25, 0.3) is 0 Å². The fraction of sp³-hybridized carbons (Fsp3) is 0.727. The Bertz CT molecular complexity index is 225. The van der Waals surface area contributed by atoms with Crippen molar-refractivity contribution in [1.29, 1.82) is 0 Å². The Hall–Kier alpha value is -0.660. The van der Waals surface area contributed by atoms with Crippen molar-refractivity contribution in [3.8, 4) is 12.3 Å². The molecule has 0 rings (SSSR count). The largest absolute Gasteiger partial charge is 0.342 e. The van der Waals surface area contributed by atoms with Gasteiger partial charge in [-0.25, -0.2) is 0 Å². The van der Waals surface area contributed by atoms with Crippen molar-refractivity contribution in [2.24, 2.45) is 0 Å². The number of likely N-dealkylation sites (N-methyl/N-ethyl adjacent to an activating group) is 1. The Balaban J connectivity index is 3.81. The molecule has 1 N–H and O–H groups in total. The zero-order valence-electron chi connectivity index (χ0n) is 9.75. The van der Waals surface area contributed by atoms with E-state index < -0.39 is 0 Å². The first-order chi connectivity index (χ1) is 7.13. The maximum atomic E-state index is 11.6. The normalized spacial score (nSPS) is 11.9. The molecular weight excluding hydrogens is 208 g/mol. The standard InChI is InChI=1S/C11H20N2OS/c1-5-7-12-9-11(14)13(3)10(2)6-8-15-4/h1,10,12H,6-9H2,2-4H3. The third-order valence-electron chi connectivity index (χ3n) is 2.30. The first-order valence-electron chi connectivity index (χ1n) is 5.02. The van der Waals surface area contributed by atoms with E-state index in [1.54, 1.807) is 16.7 Å². The van der Waals surface area contributed by atoms with Crippen LogP contribution in [0.15, 0.2) is 0 Å². The van der Waals surface area contributed by atoms with E-state index in [0.29, 0.717) is 13.1 Å². The smallest absolute Gasteiger partial charge is 0.236 e. The molecule has 0 saturated heterocycles. The summed E-state index contributed by atoms with van der Waals surface area (Å²) in [5.41, 5.74) is 0. The highest BCUT2D eigenvalue weighted by molar-refractivity contribution is 7.98. The summed E-state index contributed by atoms with van der Waals surface area (Å²) in [6.07, 6.45) is 8.17. The molecule has 3 nitrogen and oxygen atoms in total. The Morgan fingerprint density at radius 3 is 2.87 bits per heavy atom. The number of rotatable bonds is 7. The summed E-state index contributed by atoms with van der Waals surface area (Å²) in [6, 6.07) is 0.289. The molecule has 1 amide bonds. The lowest BCUT2D eigenvalue weighted by Gasteiger charge is -2.24. The first-order valence-corrected chi connectivity index (χ1v) is 6.41. The van der Waals surface area contributed by atoms with Crippen molar-refractivity contribution in [2.45, 2.75) is 19.4 Å². The number of carbonyl (C=O) groups excluding carboxylic acids is 1. The van der Waals surface area contributed by atoms with Crippen LogP contribution in [0.3, 0.4) is 0 Å². The maximum absolute atomic E-state index is 11.6. The van der Waals surface area contributed by atoms with Crippen molar-refractivity contribution in [3.63, 3.8) is 0 Å². The van der Waals surface area contributed by atoms with Crippen molar-refractivity contribution in [2.75, 3.05) is 32.1 Å². The molecule has 0 aromatic heterocycles. The van der Waals surface area contributed by atoms with Crippen LogP contribution < -0.4 is 5.32 Å². The average Bonchev–Trinajstić information content (AvgIpc) is 2.24. The Kier molecular flexibility index (Phi) is 8.25. The van der Waals surface area contributed by atoms with E-state index in [9.17, 15) is 4.79 Å². The monoisotopic (exact) mass is 228 g/mol. The second kappa shape index (κ2) is 8.63. The minimum Gasteiger partial charge on any atom is -0.342 e. The van der Waals surface area contributed by atoms with Gasteiger partial charge in [0, 0.05) is 13.1 Å². The molecule has 0 aromatic carbocycles. The lowest BCUT2D eigenvalue weighted by Crippen LogP contribution is -2.41. The molecule has 1 atom stereocenters. The number of hydrogen-bond donors (Lipinski definition) is 1. The molecule has 15 heavy (non-hydrogen) atoms. The molecule has 0 radical (unpaired) electrons. The van der Waals surface area contributed by atoms with E-state index in [-0.39, 0.29) is 11.9 Å². The summed E-state index contributed by atoms with van der Waals surface area (Å²) < 4.78 is 0. The third kappa shape index (κ3) is 6.43. The molecular formula is C11H20N2OS. The van der Waals surface area contributed by atoms with Gasteiger partial charge in [0.15, 0.2) is 0 Å². The van der Waals surface area contributed by atoms with Crippen molar-refractivity contribution < 1.29 is 4.79 Å². The second-order valence-electron chi connectivity index (χ2n) is 3.44. The fourth-order valence-corrected chi connectivity index (χ4v) is 1.67. The summed E-state index contributed by atoms with van der Waals surface area (Å²) in [5, 5.41) is 2.89. The SMILES string of the molecule is C#CCNCC(=O)N(C)C(C)CCSC. The number of terminal acetylenes is 1. The van der Waals surface area contributed by atoms with Gasteiger partial charge in [0.2, 0.25) is 5.91 Å².